The highest BCUT2D eigenvalue weighted by Crippen LogP contribution is 2.25. The predicted molar refractivity (Wildman–Crippen MR) is 119 cm³/mol. The first-order valence-corrected chi connectivity index (χ1v) is 11.6. The monoisotopic (exact) mass is 442 g/mol. The number of sulfonamides is 1. The Bertz CT molecular complexity index is 1060. The van der Waals surface area contributed by atoms with Crippen molar-refractivity contribution in [1.29, 1.82) is 0 Å². The van der Waals surface area contributed by atoms with Gasteiger partial charge in [-0.25, -0.2) is 13.2 Å². The first-order chi connectivity index (χ1) is 14.9. The number of piperidine rings is 1. The minimum absolute atomic E-state index is 0.137. The average Bonchev–Trinajstić information content (AvgIpc) is 2.79. The molecule has 1 aliphatic heterocycles. The van der Waals surface area contributed by atoms with Crippen LogP contribution in [0.4, 0.5) is 5.69 Å². The van der Waals surface area contributed by atoms with Gasteiger partial charge < -0.3 is 10.1 Å². The smallest absolute Gasteiger partial charge is 0.331 e. The van der Waals surface area contributed by atoms with E-state index in [0.717, 1.165) is 24.8 Å². The zero-order valence-corrected chi connectivity index (χ0v) is 18.2. The topological polar surface area (TPSA) is 92.8 Å². The molecule has 2 aromatic rings. The molecule has 7 nitrogen and oxygen atoms in total. The van der Waals surface area contributed by atoms with E-state index in [2.05, 4.69) is 5.32 Å². The molecule has 8 heteroatoms. The van der Waals surface area contributed by atoms with E-state index < -0.39 is 28.5 Å². The molecule has 0 unspecified atom stereocenters. The Morgan fingerprint density at radius 2 is 1.77 bits per heavy atom. The van der Waals surface area contributed by atoms with Crippen molar-refractivity contribution in [2.24, 2.45) is 0 Å². The number of benzene rings is 2. The lowest BCUT2D eigenvalue weighted by Gasteiger charge is -2.26. The summed E-state index contributed by atoms with van der Waals surface area (Å²) in [5.74, 6) is -1.19. The van der Waals surface area contributed by atoms with Crippen molar-refractivity contribution in [3.05, 3.63) is 65.7 Å². The summed E-state index contributed by atoms with van der Waals surface area (Å²) in [6.45, 7) is 2.30. The van der Waals surface area contributed by atoms with Crippen molar-refractivity contribution in [2.75, 3.05) is 25.0 Å². The van der Waals surface area contributed by atoms with E-state index >= 15 is 0 Å². The maximum atomic E-state index is 12.9. The summed E-state index contributed by atoms with van der Waals surface area (Å²) < 4.78 is 32.2. The Morgan fingerprint density at radius 1 is 1.06 bits per heavy atom. The Labute approximate surface area is 182 Å². The number of carbonyl (C=O) groups is 2. The lowest BCUT2D eigenvalue weighted by atomic mass is 10.2. The summed E-state index contributed by atoms with van der Waals surface area (Å²) >= 11 is 0. The molecule has 1 N–H and O–H groups in total. The number of anilines is 1. The molecule has 1 aliphatic rings. The normalized spacial score (nSPS) is 15.0. The highest BCUT2D eigenvalue weighted by molar-refractivity contribution is 7.89. The molecular weight excluding hydrogens is 416 g/mol. The van der Waals surface area contributed by atoms with Crippen LogP contribution in [0.2, 0.25) is 0 Å². The van der Waals surface area contributed by atoms with Crippen molar-refractivity contribution in [3.63, 3.8) is 0 Å². The summed E-state index contributed by atoms with van der Waals surface area (Å²) in [6.07, 6.45) is 5.57. The second-order valence-corrected chi connectivity index (χ2v) is 9.28. The molecule has 0 aromatic heterocycles. The van der Waals surface area contributed by atoms with Crippen LogP contribution in [0, 0.1) is 6.92 Å². The fourth-order valence-electron chi connectivity index (χ4n) is 3.25. The third-order valence-corrected chi connectivity index (χ3v) is 6.89. The standard InChI is InChI=1S/C23H26N2O5S/c1-18-10-12-20(31(28,29)25-14-6-3-7-15-25)16-21(18)24-22(26)17-30-23(27)13-11-19-8-4-2-5-9-19/h2,4-5,8-13,16H,3,6-7,14-15,17H2,1H3,(H,24,26)/b13-11+. The van der Waals surface area contributed by atoms with Gasteiger partial charge in [-0.1, -0.05) is 42.8 Å². The van der Waals surface area contributed by atoms with E-state index in [0.29, 0.717) is 24.3 Å². The van der Waals surface area contributed by atoms with E-state index in [9.17, 15) is 18.0 Å². The third kappa shape index (κ3) is 6.26. The lowest BCUT2D eigenvalue weighted by Crippen LogP contribution is -2.35. The first-order valence-electron chi connectivity index (χ1n) is 10.2. The number of esters is 1. The van der Waals surface area contributed by atoms with Crippen LogP contribution in [-0.2, 0) is 24.3 Å². The zero-order valence-electron chi connectivity index (χ0n) is 17.4. The molecular formula is C23H26N2O5S. The van der Waals surface area contributed by atoms with Crippen LogP contribution in [0.15, 0.2) is 59.5 Å². The molecule has 164 valence electrons. The number of amides is 1. The van der Waals surface area contributed by atoms with Crippen LogP contribution in [0.25, 0.3) is 6.08 Å². The second kappa shape index (κ2) is 10.4. The number of ether oxygens (including phenoxy) is 1. The van der Waals surface area contributed by atoms with E-state index in [4.69, 9.17) is 4.74 Å². The van der Waals surface area contributed by atoms with Crippen LogP contribution in [0.1, 0.15) is 30.4 Å². The molecule has 0 spiro atoms. The minimum Gasteiger partial charge on any atom is -0.452 e. The largest absolute Gasteiger partial charge is 0.452 e. The van der Waals surface area contributed by atoms with E-state index in [-0.39, 0.29) is 4.90 Å². The Balaban J connectivity index is 1.60. The highest BCUT2D eigenvalue weighted by atomic mass is 32.2. The third-order valence-electron chi connectivity index (χ3n) is 4.99. The number of nitrogens with one attached hydrogen (secondary N) is 1. The summed E-state index contributed by atoms with van der Waals surface area (Å²) in [4.78, 5) is 24.2. The lowest BCUT2D eigenvalue weighted by molar-refractivity contribution is -0.142. The molecule has 0 aliphatic carbocycles. The van der Waals surface area contributed by atoms with Gasteiger partial charge in [0, 0.05) is 24.9 Å². The summed E-state index contributed by atoms with van der Waals surface area (Å²) in [5.41, 5.74) is 1.92. The summed E-state index contributed by atoms with van der Waals surface area (Å²) in [7, 11) is -3.61. The van der Waals surface area contributed by atoms with E-state index in [1.807, 2.05) is 30.3 Å². The molecule has 1 amide bonds. The van der Waals surface area contributed by atoms with Crippen LogP contribution in [0.5, 0.6) is 0 Å². The van der Waals surface area contributed by atoms with Gasteiger partial charge >= 0.3 is 5.97 Å². The van der Waals surface area contributed by atoms with Crippen molar-refractivity contribution in [1.82, 2.24) is 4.31 Å². The van der Waals surface area contributed by atoms with Crippen molar-refractivity contribution in [3.8, 4) is 0 Å². The van der Waals surface area contributed by atoms with Gasteiger partial charge in [-0.3, -0.25) is 4.79 Å². The fraction of sp³-hybridized carbons (Fsp3) is 0.304. The predicted octanol–water partition coefficient (Wildman–Crippen LogP) is 3.36. The van der Waals surface area contributed by atoms with Crippen LogP contribution < -0.4 is 5.32 Å². The number of hydrogen-bond acceptors (Lipinski definition) is 5. The number of carbonyl (C=O) groups excluding carboxylic acids is 2. The quantitative estimate of drug-likeness (QED) is 0.524. The van der Waals surface area contributed by atoms with Crippen LogP contribution in [-0.4, -0.2) is 44.3 Å². The highest BCUT2D eigenvalue weighted by Gasteiger charge is 2.26. The summed E-state index contributed by atoms with van der Waals surface area (Å²) in [5, 5.41) is 2.63. The van der Waals surface area contributed by atoms with Gasteiger partial charge in [0.15, 0.2) is 6.61 Å². The maximum Gasteiger partial charge on any atom is 0.331 e. The molecule has 0 atom stereocenters. The van der Waals surface area contributed by atoms with Crippen molar-refractivity contribution >= 4 is 33.7 Å². The molecule has 0 radical (unpaired) electrons. The summed E-state index contributed by atoms with van der Waals surface area (Å²) in [6, 6.07) is 13.9. The second-order valence-electron chi connectivity index (χ2n) is 7.34. The average molecular weight is 443 g/mol. The Hall–Kier alpha value is -2.97. The number of hydrogen-bond donors (Lipinski definition) is 1. The maximum absolute atomic E-state index is 12.9. The van der Waals surface area contributed by atoms with Gasteiger partial charge in [-0.05, 0) is 49.1 Å². The van der Waals surface area contributed by atoms with Gasteiger partial charge in [0.1, 0.15) is 0 Å². The molecule has 31 heavy (non-hydrogen) atoms. The van der Waals surface area contributed by atoms with Gasteiger partial charge in [0.05, 0.1) is 4.90 Å². The van der Waals surface area contributed by atoms with E-state index in [1.165, 1.54) is 16.4 Å². The molecule has 3 rings (SSSR count). The fourth-order valence-corrected chi connectivity index (χ4v) is 4.79. The Morgan fingerprint density at radius 3 is 2.48 bits per heavy atom. The van der Waals surface area contributed by atoms with E-state index in [1.54, 1.807) is 25.1 Å². The van der Waals surface area contributed by atoms with Gasteiger partial charge in [0.25, 0.3) is 5.91 Å². The molecule has 1 heterocycles. The Kier molecular flexibility index (Phi) is 7.59. The van der Waals surface area contributed by atoms with Crippen LogP contribution >= 0.6 is 0 Å². The van der Waals surface area contributed by atoms with Gasteiger partial charge in [-0.2, -0.15) is 4.31 Å². The first kappa shape index (κ1) is 22.7. The molecule has 1 saturated heterocycles. The van der Waals surface area contributed by atoms with Gasteiger partial charge in [0.2, 0.25) is 10.0 Å². The van der Waals surface area contributed by atoms with Gasteiger partial charge in [-0.15, -0.1) is 0 Å². The molecule has 1 fully saturated rings. The molecule has 0 bridgehead atoms. The number of nitrogens with zero attached hydrogens (tertiary/aromatic N) is 1. The number of aryl methyl sites for hydroxylation is 1. The van der Waals surface area contributed by atoms with Crippen molar-refractivity contribution < 1.29 is 22.7 Å². The number of rotatable bonds is 7. The zero-order chi connectivity index (χ0) is 22.3. The molecule has 0 saturated carbocycles. The SMILES string of the molecule is Cc1ccc(S(=O)(=O)N2CCCCC2)cc1NC(=O)COC(=O)/C=C/c1ccccc1. The van der Waals surface area contributed by atoms with Crippen LogP contribution in [0.3, 0.4) is 0 Å². The minimum atomic E-state index is -3.61. The molecule has 2 aromatic carbocycles. The van der Waals surface area contributed by atoms with Crippen molar-refractivity contribution in [2.45, 2.75) is 31.1 Å².